The molecular weight excluding hydrogens is 1350 g/mol. The van der Waals surface area contributed by atoms with E-state index in [-0.39, 0.29) is 25.7 Å². The highest BCUT2D eigenvalue weighted by atomic mass is 31.2. The van der Waals surface area contributed by atoms with Gasteiger partial charge in [0, 0.05) is 25.7 Å². The molecule has 0 amide bonds. The van der Waals surface area contributed by atoms with Crippen LogP contribution in [0.4, 0.5) is 0 Å². The molecule has 17 nitrogen and oxygen atoms in total. The lowest BCUT2D eigenvalue weighted by atomic mass is 9.99. The zero-order valence-electron chi connectivity index (χ0n) is 68.5. The van der Waals surface area contributed by atoms with E-state index in [0.29, 0.717) is 25.7 Å². The van der Waals surface area contributed by atoms with Crippen LogP contribution in [0.5, 0.6) is 0 Å². The average molecular weight is 1520 g/mol. The van der Waals surface area contributed by atoms with Crippen LogP contribution in [0.2, 0.25) is 0 Å². The minimum absolute atomic E-state index is 0.106. The zero-order valence-corrected chi connectivity index (χ0v) is 70.3. The summed E-state index contributed by atoms with van der Waals surface area (Å²) in [6.07, 6.45) is 65.7. The molecule has 3 N–H and O–H groups in total. The molecule has 0 radical (unpaired) electrons. The van der Waals surface area contributed by atoms with Crippen LogP contribution in [-0.4, -0.2) is 96.7 Å². The molecule has 7 atom stereocenters. The molecule has 618 valence electrons. The smallest absolute Gasteiger partial charge is 0.462 e. The van der Waals surface area contributed by atoms with Crippen LogP contribution in [0.1, 0.15) is 447 Å². The highest BCUT2D eigenvalue weighted by Gasteiger charge is 2.30. The van der Waals surface area contributed by atoms with Gasteiger partial charge in [-0.05, 0) is 43.4 Å². The maximum atomic E-state index is 13.1. The molecule has 0 bridgehead atoms. The summed E-state index contributed by atoms with van der Waals surface area (Å²) in [4.78, 5) is 72.8. The van der Waals surface area contributed by atoms with E-state index in [1.807, 2.05) is 0 Å². The van der Waals surface area contributed by atoms with Crippen LogP contribution >= 0.6 is 15.6 Å². The van der Waals surface area contributed by atoms with E-state index in [0.717, 1.165) is 114 Å². The van der Waals surface area contributed by atoms with Gasteiger partial charge in [-0.1, -0.05) is 395 Å². The molecule has 0 aromatic heterocycles. The zero-order chi connectivity index (χ0) is 76.5. The Kier molecular flexibility index (Phi) is 73.7. The average Bonchev–Trinajstić information content (AvgIpc) is 0.902. The predicted octanol–water partition coefficient (Wildman–Crippen LogP) is 25.7. The van der Waals surface area contributed by atoms with Crippen molar-refractivity contribution in [3.05, 3.63) is 0 Å². The van der Waals surface area contributed by atoms with Crippen molar-refractivity contribution >= 4 is 39.5 Å². The number of phosphoric ester groups is 2. The SMILES string of the molecule is CCCCCCCC(=O)OC[C@H](COP(=O)(O)OC[C@H](O)COP(=O)(O)OC[C@@H](COC(=O)CCCCCCCCCCCCCCCCCCCCC(C)CC)OC(=O)CCCCCCCCCCCCCCCCCCCCC(C)CC)OC(=O)CCCCCCCCCCCCCCC(C)C. The van der Waals surface area contributed by atoms with Crippen molar-refractivity contribution in [1.82, 2.24) is 0 Å². The molecular formula is C85H166O17P2. The van der Waals surface area contributed by atoms with E-state index in [1.165, 1.54) is 250 Å². The second-order valence-corrected chi connectivity index (χ2v) is 34.4. The van der Waals surface area contributed by atoms with Gasteiger partial charge in [-0.25, -0.2) is 9.13 Å². The Bertz CT molecular complexity index is 2010. The third-order valence-corrected chi connectivity index (χ3v) is 22.5. The summed E-state index contributed by atoms with van der Waals surface area (Å²) in [6, 6.07) is 0. The fraction of sp³-hybridized carbons (Fsp3) is 0.953. The third-order valence-electron chi connectivity index (χ3n) is 20.6. The molecule has 0 aromatic rings. The van der Waals surface area contributed by atoms with Gasteiger partial charge in [0.25, 0.3) is 0 Å². The van der Waals surface area contributed by atoms with Crippen LogP contribution in [0, 0.1) is 17.8 Å². The molecule has 0 aromatic carbocycles. The molecule has 0 rings (SSSR count). The Balaban J connectivity index is 5.10. The Morgan fingerprint density at radius 3 is 0.731 bits per heavy atom. The first-order valence-corrected chi connectivity index (χ1v) is 46.9. The monoisotopic (exact) mass is 1520 g/mol. The number of carbonyl (C=O) groups excluding carboxylic acids is 4. The lowest BCUT2D eigenvalue weighted by molar-refractivity contribution is -0.161. The molecule has 0 saturated carbocycles. The van der Waals surface area contributed by atoms with Crippen molar-refractivity contribution in [2.24, 2.45) is 17.8 Å². The number of carbonyl (C=O) groups is 4. The van der Waals surface area contributed by atoms with Crippen LogP contribution < -0.4 is 0 Å². The van der Waals surface area contributed by atoms with Crippen molar-refractivity contribution in [2.45, 2.75) is 465 Å². The summed E-state index contributed by atoms with van der Waals surface area (Å²) in [5, 5.41) is 10.6. The van der Waals surface area contributed by atoms with Gasteiger partial charge in [-0.2, -0.15) is 0 Å². The quantitative estimate of drug-likeness (QED) is 0.0222. The van der Waals surface area contributed by atoms with Crippen molar-refractivity contribution in [3.8, 4) is 0 Å². The first-order valence-electron chi connectivity index (χ1n) is 43.9. The highest BCUT2D eigenvalue weighted by molar-refractivity contribution is 7.47. The van der Waals surface area contributed by atoms with Crippen LogP contribution in [0.15, 0.2) is 0 Å². The standard InChI is InChI=1S/C85H166O17P2/c1-8-11-12-49-59-66-82(87)95-72-80(101-84(89)68-62-55-48-42-36-30-29-31-37-43-50-56-63-76(4)5)74-99-103(91,92)97-70-79(86)71-98-104(93,94)100-75-81(102-85(90)69-61-54-47-41-35-28-24-20-16-14-18-22-26-33-39-45-52-58-65-78(7)10-3)73-96-83(88)67-60-53-46-40-34-27-23-19-15-13-17-21-25-32-38-44-51-57-64-77(6)9-2/h76-81,86H,8-75H2,1-7H3,(H,91,92)(H,93,94)/t77?,78?,79-,80+,81+/m0/s1. The lowest BCUT2D eigenvalue weighted by Gasteiger charge is -2.21. The van der Waals surface area contributed by atoms with Crippen LogP contribution in [-0.2, 0) is 65.4 Å². The van der Waals surface area contributed by atoms with E-state index in [1.54, 1.807) is 0 Å². The number of hydrogen-bond donors (Lipinski definition) is 3. The van der Waals surface area contributed by atoms with Gasteiger partial charge in [0.1, 0.15) is 19.3 Å². The second-order valence-electron chi connectivity index (χ2n) is 31.5. The van der Waals surface area contributed by atoms with Gasteiger partial charge in [0.15, 0.2) is 12.2 Å². The van der Waals surface area contributed by atoms with Gasteiger partial charge in [-0.3, -0.25) is 37.3 Å². The molecule has 0 fully saturated rings. The number of ether oxygens (including phenoxy) is 4. The van der Waals surface area contributed by atoms with Gasteiger partial charge < -0.3 is 33.8 Å². The fourth-order valence-electron chi connectivity index (χ4n) is 13.1. The molecule has 4 unspecified atom stereocenters. The first-order chi connectivity index (χ1) is 50.3. The number of unbranched alkanes of at least 4 members (excludes halogenated alkanes) is 49. The number of phosphoric acid groups is 2. The first kappa shape index (κ1) is 102. The number of aliphatic hydroxyl groups is 1. The van der Waals surface area contributed by atoms with Crippen molar-refractivity contribution in [2.75, 3.05) is 39.6 Å². The van der Waals surface area contributed by atoms with Crippen LogP contribution in [0.25, 0.3) is 0 Å². The van der Waals surface area contributed by atoms with Gasteiger partial charge in [-0.15, -0.1) is 0 Å². The number of hydrogen-bond acceptors (Lipinski definition) is 15. The Morgan fingerprint density at radius 1 is 0.279 bits per heavy atom. The van der Waals surface area contributed by atoms with Crippen molar-refractivity contribution in [3.63, 3.8) is 0 Å². The largest absolute Gasteiger partial charge is 0.472 e. The summed E-state index contributed by atoms with van der Waals surface area (Å²) >= 11 is 0. The normalized spacial score (nSPS) is 14.4. The Morgan fingerprint density at radius 2 is 0.490 bits per heavy atom. The Labute approximate surface area is 638 Å². The molecule has 0 aliphatic rings. The van der Waals surface area contributed by atoms with Crippen LogP contribution in [0.3, 0.4) is 0 Å². The second kappa shape index (κ2) is 75.1. The minimum atomic E-state index is -4.96. The fourth-order valence-corrected chi connectivity index (χ4v) is 14.7. The molecule has 0 aliphatic heterocycles. The molecule has 104 heavy (non-hydrogen) atoms. The van der Waals surface area contributed by atoms with E-state index >= 15 is 0 Å². The molecule has 0 saturated heterocycles. The number of rotatable bonds is 83. The van der Waals surface area contributed by atoms with E-state index in [9.17, 15) is 43.2 Å². The van der Waals surface area contributed by atoms with E-state index < -0.39 is 97.5 Å². The van der Waals surface area contributed by atoms with Crippen molar-refractivity contribution < 1.29 is 80.2 Å². The van der Waals surface area contributed by atoms with E-state index in [4.69, 9.17) is 37.0 Å². The van der Waals surface area contributed by atoms with Crippen molar-refractivity contribution in [1.29, 1.82) is 0 Å². The summed E-state index contributed by atoms with van der Waals surface area (Å²) in [5.41, 5.74) is 0. The summed E-state index contributed by atoms with van der Waals surface area (Å²) in [7, 11) is -9.91. The minimum Gasteiger partial charge on any atom is -0.462 e. The molecule has 0 spiro atoms. The summed E-state index contributed by atoms with van der Waals surface area (Å²) in [6.45, 7) is 12.0. The predicted molar refractivity (Wildman–Crippen MR) is 428 cm³/mol. The lowest BCUT2D eigenvalue weighted by Crippen LogP contribution is -2.30. The topological polar surface area (TPSA) is 237 Å². The highest BCUT2D eigenvalue weighted by Crippen LogP contribution is 2.45. The number of aliphatic hydroxyl groups excluding tert-OH is 1. The maximum Gasteiger partial charge on any atom is 0.472 e. The van der Waals surface area contributed by atoms with Gasteiger partial charge in [0.05, 0.1) is 26.4 Å². The van der Waals surface area contributed by atoms with Gasteiger partial charge in [0.2, 0.25) is 0 Å². The number of esters is 4. The van der Waals surface area contributed by atoms with Gasteiger partial charge >= 0.3 is 39.5 Å². The summed E-state index contributed by atoms with van der Waals surface area (Å²) < 4.78 is 68.6. The van der Waals surface area contributed by atoms with E-state index in [2.05, 4.69) is 48.5 Å². The molecule has 0 aliphatic carbocycles. The summed E-state index contributed by atoms with van der Waals surface area (Å²) in [5.74, 6) is 0.403. The molecule has 19 heteroatoms. The maximum absolute atomic E-state index is 13.1. The molecule has 0 heterocycles. The Hall–Kier alpha value is -1.94. The third kappa shape index (κ3) is 75.5.